The zero-order chi connectivity index (χ0) is 13.8. The summed E-state index contributed by atoms with van der Waals surface area (Å²) in [7, 11) is 1.75. The highest BCUT2D eigenvalue weighted by molar-refractivity contribution is 14.0. The molecule has 19 heavy (non-hydrogen) atoms. The first kappa shape index (κ1) is 19.0. The number of hydrogen-bond acceptors (Lipinski definition) is 1. The number of halogens is 3. The van der Waals surface area contributed by atoms with Crippen molar-refractivity contribution in [3.8, 4) is 0 Å². The first-order valence-electron chi connectivity index (χ1n) is 5.74. The fourth-order valence-corrected chi connectivity index (χ4v) is 2.12. The van der Waals surface area contributed by atoms with Crippen molar-refractivity contribution in [1.82, 2.24) is 10.6 Å². The fraction of sp³-hybridized carbons (Fsp3) is 0.462. The second-order valence-corrected chi connectivity index (χ2v) is 6.36. The number of hydrogen-bond donors (Lipinski definition) is 2. The number of nitrogens with zero attached hydrogens (tertiary/aromatic N) is 1. The Balaban J connectivity index is 0.00000324. The van der Waals surface area contributed by atoms with Gasteiger partial charge in [-0.15, -0.1) is 24.0 Å². The van der Waals surface area contributed by atoms with Crippen molar-refractivity contribution in [3.05, 3.63) is 33.3 Å². The molecule has 0 saturated carbocycles. The van der Waals surface area contributed by atoms with E-state index < -0.39 is 0 Å². The van der Waals surface area contributed by atoms with E-state index in [9.17, 15) is 0 Å². The van der Waals surface area contributed by atoms with E-state index in [1.54, 1.807) is 7.05 Å². The summed E-state index contributed by atoms with van der Waals surface area (Å²) >= 11 is 9.55. The topological polar surface area (TPSA) is 36.4 Å². The first-order valence-corrected chi connectivity index (χ1v) is 6.91. The Morgan fingerprint density at radius 3 is 2.47 bits per heavy atom. The Bertz CT molecular complexity index is 444. The maximum atomic E-state index is 6.16. The van der Waals surface area contributed by atoms with E-state index in [1.807, 2.05) is 18.2 Å². The van der Waals surface area contributed by atoms with Crippen molar-refractivity contribution in [2.24, 2.45) is 4.99 Å². The van der Waals surface area contributed by atoms with Crippen LogP contribution in [0.15, 0.2) is 27.7 Å². The van der Waals surface area contributed by atoms with Crippen LogP contribution >= 0.6 is 51.5 Å². The van der Waals surface area contributed by atoms with Gasteiger partial charge in [0.1, 0.15) is 0 Å². The molecular formula is C13H20BrClIN3. The van der Waals surface area contributed by atoms with Crippen molar-refractivity contribution in [3.63, 3.8) is 0 Å². The number of benzene rings is 1. The number of rotatable bonds is 2. The van der Waals surface area contributed by atoms with Gasteiger partial charge in [-0.05, 0) is 38.5 Å². The lowest BCUT2D eigenvalue weighted by Gasteiger charge is -2.23. The molecule has 3 nitrogen and oxygen atoms in total. The molecule has 0 fully saturated rings. The van der Waals surface area contributed by atoms with Gasteiger partial charge in [-0.1, -0.05) is 33.6 Å². The lowest BCUT2D eigenvalue weighted by molar-refractivity contribution is 0.501. The molecule has 6 heteroatoms. The Morgan fingerprint density at radius 2 is 2.00 bits per heavy atom. The number of aliphatic imine (C=N–C) groups is 1. The summed E-state index contributed by atoms with van der Waals surface area (Å²) in [5.41, 5.74) is 1.02. The van der Waals surface area contributed by atoms with E-state index in [1.165, 1.54) is 0 Å². The van der Waals surface area contributed by atoms with E-state index in [0.717, 1.165) is 21.0 Å². The summed E-state index contributed by atoms with van der Waals surface area (Å²) in [6.45, 7) is 6.91. The second-order valence-electron chi connectivity index (χ2n) is 5.04. The van der Waals surface area contributed by atoms with Gasteiger partial charge < -0.3 is 10.6 Å². The highest BCUT2D eigenvalue weighted by Gasteiger charge is 2.11. The minimum atomic E-state index is -0.0225. The Hall–Kier alpha value is -0.0100. The third-order valence-electron chi connectivity index (χ3n) is 2.18. The van der Waals surface area contributed by atoms with E-state index in [0.29, 0.717) is 6.54 Å². The average molecular weight is 461 g/mol. The molecule has 1 aromatic rings. The van der Waals surface area contributed by atoms with Gasteiger partial charge in [0.2, 0.25) is 0 Å². The zero-order valence-electron chi connectivity index (χ0n) is 11.6. The molecule has 0 bridgehead atoms. The number of nitrogens with one attached hydrogen (secondary N) is 2. The Kier molecular flexibility index (Phi) is 8.31. The average Bonchev–Trinajstić information content (AvgIpc) is 2.24. The largest absolute Gasteiger partial charge is 0.352 e. The van der Waals surface area contributed by atoms with Gasteiger partial charge in [0.15, 0.2) is 5.96 Å². The molecule has 0 aliphatic heterocycles. The zero-order valence-corrected chi connectivity index (χ0v) is 16.2. The van der Waals surface area contributed by atoms with E-state index in [4.69, 9.17) is 11.6 Å². The summed E-state index contributed by atoms with van der Waals surface area (Å²) in [6, 6.07) is 5.85. The second kappa shape index (κ2) is 8.32. The van der Waals surface area contributed by atoms with Gasteiger partial charge in [-0.3, -0.25) is 4.99 Å². The molecule has 0 aliphatic carbocycles. The van der Waals surface area contributed by atoms with E-state index in [2.05, 4.69) is 52.3 Å². The van der Waals surface area contributed by atoms with Gasteiger partial charge in [0.05, 0.1) is 0 Å². The molecular weight excluding hydrogens is 440 g/mol. The van der Waals surface area contributed by atoms with Crippen molar-refractivity contribution < 1.29 is 0 Å². The molecule has 0 aromatic heterocycles. The number of guanidine groups is 1. The van der Waals surface area contributed by atoms with E-state index in [-0.39, 0.29) is 29.5 Å². The van der Waals surface area contributed by atoms with Gasteiger partial charge in [-0.25, -0.2) is 0 Å². The maximum absolute atomic E-state index is 6.16. The van der Waals surface area contributed by atoms with Crippen LogP contribution in [-0.2, 0) is 6.54 Å². The van der Waals surface area contributed by atoms with Crippen molar-refractivity contribution >= 4 is 57.5 Å². The molecule has 0 amide bonds. The molecule has 0 spiro atoms. The summed E-state index contributed by atoms with van der Waals surface area (Å²) in [5.74, 6) is 0.765. The van der Waals surface area contributed by atoms with Gasteiger partial charge in [0.25, 0.3) is 0 Å². The standard InChI is InChI=1S/C13H19BrClN3.HI/c1-13(2,3)18-12(16-4)17-8-9-5-6-10(14)7-11(9)15;/h5-7H,8H2,1-4H3,(H2,16,17,18);1H. The van der Waals surface area contributed by atoms with Crippen LogP contribution in [0.5, 0.6) is 0 Å². The highest BCUT2D eigenvalue weighted by atomic mass is 127. The summed E-state index contributed by atoms with van der Waals surface area (Å²) in [4.78, 5) is 4.18. The molecule has 1 aromatic carbocycles. The van der Waals surface area contributed by atoms with Crippen molar-refractivity contribution in [1.29, 1.82) is 0 Å². The minimum absolute atomic E-state index is 0. The van der Waals surface area contributed by atoms with Gasteiger partial charge >= 0.3 is 0 Å². The minimum Gasteiger partial charge on any atom is -0.352 e. The Morgan fingerprint density at radius 1 is 1.37 bits per heavy atom. The molecule has 0 unspecified atom stereocenters. The van der Waals surface area contributed by atoms with Crippen LogP contribution in [0, 0.1) is 0 Å². The Labute approximate surface area is 145 Å². The maximum Gasteiger partial charge on any atom is 0.191 e. The fourth-order valence-electron chi connectivity index (χ4n) is 1.38. The van der Waals surface area contributed by atoms with Crippen LogP contribution in [0.2, 0.25) is 5.02 Å². The van der Waals surface area contributed by atoms with Gasteiger partial charge in [0, 0.05) is 28.6 Å². The normalized spacial score (nSPS) is 11.8. The molecule has 108 valence electrons. The third kappa shape index (κ3) is 7.37. The summed E-state index contributed by atoms with van der Waals surface area (Å²) in [6.07, 6.45) is 0. The molecule has 0 radical (unpaired) electrons. The monoisotopic (exact) mass is 459 g/mol. The molecule has 1 rings (SSSR count). The first-order chi connectivity index (χ1) is 8.31. The molecule has 0 heterocycles. The van der Waals surface area contributed by atoms with E-state index >= 15 is 0 Å². The SMILES string of the molecule is CN=C(NCc1ccc(Br)cc1Cl)NC(C)(C)C.I. The lowest BCUT2D eigenvalue weighted by atomic mass is 10.1. The van der Waals surface area contributed by atoms with Crippen LogP contribution in [0.3, 0.4) is 0 Å². The summed E-state index contributed by atoms with van der Waals surface area (Å²) in [5, 5.41) is 7.27. The summed E-state index contributed by atoms with van der Waals surface area (Å²) < 4.78 is 0.980. The highest BCUT2D eigenvalue weighted by Crippen LogP contribution is 2.21. The predicted octanol–water partition coefficient (Wildman–Crippen LogP) is 4.18. The van der Waals surface area contributed by atoms with Crippen molar-refractivity contribution in [2.75, 3.05) is 7.05 Å². The van der Waals surface area contributed by atoms with Crippen LogP contribution < -0.4 is 10.6 Å². The smallest absolute Gasteiger partial charge is 0.191 e. The van der Waals surface area contributed by atoms with Crippen LogP contribution in [0.1, 0.15) is 26.3 Å². The van der Waals surface area contributed by atoms with Crippen LogP contribution in [-0.4, -0.2) is 18.5 Å². The molecule has 2 N–H and O–H groups in total. The van der Waals surface area contributed by atoms with Crippen LogP contribution in [0.4, 0.5) is 0 Å². The lowest BCUT2D eigenvalue weighted by Crippen LogP contribution is -2.47. The molecule has 0 aliphatic rings. The molecule has 0 atom stereocenters. The quantitative estimate of drug-likeness (QED) is 0.395. The van der Waals surface area contributed by atoms with Crippen LogP contribution in [0.25, 0.3) is 0 Å². The molecule has 0 saturated heterocycles. The van der Waals surface area contributed by atoms with Gasteiger partial charge in [-0.2, -0.15) is 0 Å². The predicted molar refractivity (Wildman–Crippen MR) is 97.7 cm³/mol. The van der Waals surface area contributed by atoms with Crippen molar-refractivity contribution in [2.45, 2.75) is 32.9 Å². The third-order valence-corrected chi connectivity index (χ3v) is 3.02.